The van der Waals surface area contributed by atoms with Gasteiger partial charge < -0.3 is 4.90 Å². The van der Waals surface area contributed by atoms with Crippen molar-refractivity contribution in [3.05, 3.63) is 48.0 Å². The quantitative estimate of drug-likeness (QED) is 0.590. The molecule has 1 saturated heterocycles. The van der Waals surface area contributed by atoms with E-state index in [9.17, 15) is 26.0 Å². The van der Waals surface area contributed by atoms with Gasteiger partial charge in [0.15, 0.2) is 5.65 Å². The smallest absolute Gasteiger partial charge is 0.353 e. The Kier molecular flexibility index (Phi) is 4.65. The second-order valence-electron chi connectivity index (χ2n) is 6.30. The van der Waals surface area contributed by atoms with Crippen molar-refractivity contribution >= 4 is 21.5 Å². The molecule has 0 N–H and O–H groups in total. The molecule has 0 bridgehead atoms. The molecule has 1 fully saturated rings. The van der Waals surface area contributed by atoms with Crippen molar-refractivity contribution in [2.75, 3.05) is 31.1 Å². The minimum absolute atomic E-state index is 0.0324. The van der Waals surface area contributed by atoms with Crippen molar-refractivity contribution in [1.29, 1.82) is 0 Å². The molecule has 1 aliphatic heterocycles. The molecule has 8 nitrogen and oxygen atoms in total. The van der Waals surface area contributed by atoms with Crippen molar-refractivity contribution in [3.63, 3.8) is 0 Å². The number of alkyl halides is 3. The third-order valence-corrected chi connectivity index (χ3v) is 6.45. The van der Waals surface area contributed by atoms with Gasteiger partial charge in [0, 0.05) is 26.2 Å². The second kappa shape index (κ2) is 6.91. The summed E-state index contributed by atoms with van der Waals surface area (Å²) in [6.45, 7) is 0.417. The summed E-state index contributed by atoms with van der Waals surface area (Å²) in [4.78, 5) is 1.24. The lowest BCUT2D eigenvalue weighted by atomic mass is 10.3. The molecule has 3 aromatic rings. The molecule has 4 rings (SSSR count). The van der Waals surface area contributed by atoms with E-state index in [1.807, 2.05) is 0 Å². The Morgan fingerprint density at radius 3 is 2.28 bits per heavy atom. The molecule has 154 valence electrons. The van der Waals surface area contributed by atoms with Crippen LogP contribution in [0.4, 0.5) is 23.4 Å². The molecule has 0 spiro atoms. The minimum atomic E-state index is -4.71. The monoisotopic (exact) mass is 430 g/mol. The van der Waals surface area contributed by atoms with Crippen molar-refractivity contribution in [2.24, 2.45) is 0 Å². The van der Waals surface area contributed by atoms with Crippen LogP contribution in [0.2, 0.25) is 0 Å². The highest BCUT2D eigenvalue weighted by molar-refractivity contribution is 7.89. The fourth-order valence-electron chi connectivity index (χ4n) is 3.08. The zero-order chi connectivity index (χ0) is 20.8. The van der Waals surface area contributed by atoms with Gasteiger partial charge in [-0.05, 0) is 24.3 Å². The Labute approximate surface area is 162 Å². The molecule has 0 aliphatic carbocycles. The summed E-state index contributed by atoms with van der Waals surface area (Å²) < 4.78 is 80.0. The first-order valence-electron chi connectivity index (χ1n) is 8.47. The van der Waals surface area contributed by atoms with E-state index in [2.05, 4.69) is 15.3 Å². The zero-order valence-electron chi connectivity index (χ0n) is 14.7. The first-order valence-corrected chi connectivity index (χ1v) is 9.91. The van der Waals surface area contributed by atoms with E-state index in [4.69, 9.17) is 0 Å². The summed E-state index contributed by atoms with van der Waals surface area (Å²) >= 11 is 0. The van der Waals surface area contributed by atoms with Gasteiger partial charge in [0.25, 0.3) is 5.82 Å². The lowest BCUT2D eigenvalue weighted by molar-refractivity contribution is -0.146. The van der Waals surface area contributed by atoms with Gasteiger partial charge in [-0.1, -0.05) is 12.1 Å². The molecule has 1 aromatic carbocycles. The summed E-state index contributed by atoms with van der Waals surface area (Å²) in [7, 11) is -4.01. The van der Waals surface area contributed by atoms with Gasteiger partial charge in [-0.3, -0.25) is 0 Å². The first kappa shape index (κ1) is 19.5. The van der Waals surface area contributed by atoms with Crippen molar-refractivity contribution in [1.82, 2.24) is 24.1 Å². The SMILES string of the molecule is O=S(=O)(c1ccccc1F)N1CCN(c2ccc3nnc(C(F)(F)F)n3n2)CC1. The predicted molar refractivity (Wildman–Crippen MR) is 93.2 cm³/mol. The normalized spacial score (nSPS) is 16.5. The Bertz CT molecular complexity index is 1160. The highest BCUT2D eigenvalue weighted by atomic mass is 32.2. The van der Waals surface area contributed by atoms with Crippen LogP contribution in [0.3, 0.4) is 0 Å². The summed E-state index contributed by atoms with van der Waals surface area (Å²) in [6, 6.07) is 7.94. The standard InChI is InChI=1S/C16H14F4N6O2S/c17-11-3-1-2-4-12(11)29(27,28)25-9-7-24(8-10-25)14-6-5-13-21-22-15(16(18,19)20)26(13)23-14/h1-6H,7-10H2. The maximum atomic E-state index is 13.9. The van der Waals surface area contributed by atoms with Crippen LogP contribution < -0.4 is 4.90 Å². The van der Waals surface area contributed by atoms with Crippen LogP contribution in [0, 0.1) is 5.82 Å². The lowest BCUT2D eigenvalue weighted by Gasteiger charge is -2.34. The number of halogens is 4. The molecule has 2 aromatic heterocycles. The number of piperazine rings is 1. The highest BCUT2D eigenvalue weighted by Crippen LogP contribution is 2.28. The van der Waals surface area contributed by atoms with Crippen LogP contribution >= 0.6 is 0 Å². The molecule has 13 heteroatoms. The summed E-state index contributed by atoms with van der Waals surface area (Å²) in [5, 5.41) is 10.5. The summed E-state index contributed by atoms with van der Waals surface area (Å²) in [5.74, 6) is -1.85. The Balaban J connectivity index is 1.55. The van der Waals surface area contributed by atoms with Crippen LogP contribution in [-0.4, -0.2) is 58.7 Å². The van der Waals surface area contributed by atoms with Gasteiger partial charge >= 0.3 is 6.18 Å². The molecule has 0 radical (unpaired) electrons. The third-order valence-electron chi connectivity index (χ3n) is 4.52. The number of anilines is 1. The highest BCUT2D eigenvalue weighted by Gasteiger charge is 2.38. The van der Waals surface area contributed by atoms with E-state index >= 15 is 0 Å². The molecule has 3 heterocycles. The van der Waals surface area contributed by atoms with Crippen LogP contribution in [0.15, 0.2) is 41.3 Å². The van der Waals surface area contributed by atoms with Crippen LogP contribution in [-0.2, 0) is 16.2 Å². The Morgan fingerprint density at radius 1 is 0.931 bits per heavy atom. The predicted octanol–water partition coefficient (Wildman–Crippen LogP) is 1.79. The number of fused-ring (bicyclic) bond motifs is 1. The maximum Gasteiger partial charge on any atom is 0.453 e. The van der Waals surface area contributed by atoms with E-state index in [-0.39, 0.29) is 37.6 Å². The van der Waals surface area contributed by atoms with Gasteiger partial charge in [0.2, 0.25) is 10.0 Å². The fourth-order valence-corrected chi connectivity index (χ4v) is 4.56. The van der Waals surface area contributed by atoms with Crippen LogP contribution in [0.1, 0.15) is 5.82 Å². The largest absolute Gasteiger partial charge is 0.453 e. The van der Waals surface area contributed by atoms with E-state index in [0.717, 1.165) is 10.4 Å². The number of nitrogens with zero attached hydrogens (tertiary/aromatic N) is 6. The number of benzene rings is 1. The molecular formula is C16H14F4N6O2S. The van der Waals surface area contributed by atoms with E-state index in [0.29, 0.717) is 4.52 Å². The Morgan fingerprint density at radius 2 is 1.62 bits per heavy atom. The van der Waals surface area contributed by atoms with Gasteiger partial charge in [-0.2, -0.15) is 22.0 Å². The van der Waals surface area contributed by atoms with Crippen molar-refractivity contribution < 1.29 is 26.0 Å². The number of rotatable bonds is 3. The molecule has 0 atom stereocenters. The summed E-state index contributed by atoms with van der Waals surface area (Å²) in [6.07, 6.45) is -4.71. The van der Waals surface area contributed by atoms with E-state index in [1.54, 1.807) is 4.90 Å². The number of aromatic nitrogens is 4. The topological polar surface area (TPSA) is 83.7 Å². The number of sulfonamides is 1. The second-order valence-corrected chi connectivity index (χ2v) is 8.21. The average Bonchev–Trinajstić information content (AvgIpc) is 3.12. The molecular weight excluding hydrogens is 416 g/mol. The minimum Gasteiger partial charge on any atom is -0.353 e. The molecule has 0 unspecified atom stereocenters. The van der Waals surface area contributed by atoms with Crippen molar-refractivity contribution in [2.45, 2.75) is 11.1 Å². The van der Waals surface area contributed by atoms with Crippen LogP contribution in [0.25, 0.3) is 5.65 Å². The van der Waals surface area contributed by atoms with Crippen LogP contribution in [0.5, 0.6) is 0 Å². The fraction of sp³-hybridized carbons (Fsp3) is 0.312. The molecule has 0 amide bonds. The van der Waals surface area contributed by atoms with Gasteiger partial charge in [0.05, 0.1) is 0 Å². The molecule has 1 aliphatic rings. The first-order chi connectivity index (χ1) is 13.7. The van der Waals surface area contributed by atoms with Gasteiger partial charge in [0.1, 0.15) is 16.5 Å². The van der Waals surface area contributed by atoms with E-state index in [1.165, 1.54) is 30.3 Å². The van der Waals surface area contributed by atoms with E-state index < -0.39 is 32.7 Å². The molecule has 29 heavy (non-hydrogen) atoms. The van der Waals surface area contributed by atoms with Gasteiger partial charge in [-0.15, -0.1) is 15.3 Å². The summed E-state index contributed by atoms with van der Waals surface area (Å²) in [5.41, 5.74) is -0.0539. The maximum absolute atomic E-state index is 13.9. The number of hydrogen-bond acceptors (Lipinski definition) is 6. The number of hydrogen-bond donors (Lipinski definition) is 0. The average molecular weight is 430 g/mol. The van der Waals surface area contributed by atoms with Gasteiger partial charge in [-0.25, -0.2) is 12.8 Å². The molecule has 0 saturated carbocycles. The third kappa shape index (κ3) is 3.51. The Hall–Kier alpha value is -2.80. The lowest BCUT2D eigenvalue weighted by Crippen LogP contribution is -2.49. The zero-order valence-corrected chi connectivity index (χ0v) is 15.5. The van der Waals surface area contributed by atoms with Crippen molar-refractivity contribution in [3.8, 4) is 0 Å².